The number of hydrogen-bond donors (Lipinski definition) is 0. The van der Waals surface area contributed by atoms with Crippen LogP contribution in [0.2, 0.25) is 0 Å². The summed E-state index contributed by atoms with van der Waals surface area (Å²) < 4.78 is 0. The molecule has 0 aromatic carbocycles. The number of aromatic nitrogens is 1. The minimum atomic E-state index is -0.476. The topological polar surface area (TPSA) is 47.0 Å². The molecule has 1 aromatic rings. The molecule has 1 aliphatic rings. The molecule has 58 valence electrons. The van der Waals surface area contributed by atoms with Gasteiger partial charge in [-0.25, -0.2) is 0 Å². The largest absolute Gasteiger partial charge is 0.286 e. The SMILES string of the molecule is O=C1C=Cc2ccncc2C1=O. The molecule has 0 N–H and O–H groups in total. The van der Waals surface area contributed by atoms with E-state index in [4.69, 9.17) is 0 Å². The van der Waals surface area contributed by atoms with Crippen LogP contribution in [0.15, 0.2) is 24.5 Å². The van der Waals surface area contributed by atoms with Gasteiger partial charge < -0.3 is 0 Å². The predicted molar refractivity (Wildman–Crippen MR) is 42.6 cm³/mol. The second kappa shape index (κ2) is 2.37. The first kappa shape index (κ1) is 6.91. The lowest BCUT2D eigenvalue weighted by Crippen LogP contribution is -2.16. The van der Waals surface area contributed by atoms with E-state index in [0.29, 0.717) is 5.56 Å². The quantitative estimate of drug-likeness (QED) is 0.527. The molecule has 3 nitrogen and oxygen atoms in total. The number of hydrogen-bond acceptors (Lipinski definition) is 3. The molecule has 0 saturated heterocycles. The number of carbonyl (C=O) groups is 2. The lowest BCUT2D eigenvalue weighted by atomic mass is 9.98. The van der Waals surface area contributed by atoms with Crippen LogP contribution in [-0.2, 0) is 4.79 Å². The van der Waals surface area contributed by atoms with Gasteiger partial charge >= 0.3 is 0 Å². The third-order valence-electron chi connectivity index (χ3n) is 1.74. The van der Waals surface area contributed by atoms with Gasteiger partial charge in [-0.05, 0) is 17.7 Å². The zero-order valence-corrected chi connectivity index (χ0v) is 6.15. The first-order valence-electron chi connectivity index (χ1n) is 3.50. The van der Waals surface area contributed by atoms with Crippen molar-refractivity contribution in [3.63, 3.8) is 0 Å². The van der Waals surface area contributed by atoms with Gasteiger partial charge in [0, 0.05) is 12.4 Å². The molecule has 0 aliphatic heterocycles. The van der Waals surface area contributed by atoms with E-state index in [-0.39, 0.29) is 0 Å². The molecule has 1 aliphatic carbocycles. The van der Waals surface area contributed by atoms with Gasteiger partial charge in [0.05, 0.1) is 5.56 Å². The van der Waals surface area contributed by atoms with Gasteiger partial charge in [0.15, 0.2) is 0 Å². The average Bonchev–Trinajstić information content (AvgIpc) is 2.12. The Morgan fingerprint density at radius 3 is 2.83 bits per heavy atom. The van der Waals surface area contributed by atoms with Crippen LogP contribution in [0.4, 0.5) is 0 Å². The molecule has 0 atom stereocenters. The van der Waals surface area contributed by atoms with Crippen molar-refractivity contribution in [2.24, 2.45) is 0 Å². The van der Waals surface area contributed by atoms with Crippen molar-refractivity contribution in [2.45, 2.75) is 0 Å². The van der Waals surface area contributed by atoms with Crippen LogP contribution in [0, 0.1) is 0 Å². The summed E-state index contributed by atoms with van der Waals surface area (Å²) in [5.74, 6) is -0.948. The van der Waals surface area contributed by atoms with E-state index in [1.165, 1.54) is 12.3 Å². The molecule has 0 spiro atoms. The standard InChI is InChI=1S/C9H5NO2/c11-8-2-1-6-3-4-10-5-7(6)9(8)12/h1-5H. The maximum Gasteiger partial charge on any atom is 0.235 e. The van der Waals surface area contributed by atoms with Gasteiger partial charge in [-0.3, -0.25) is 14.6 Å². The van der Waals surface area contributed by atoms with Crippen molar-refractivity contribution < 1.29 is 9.59 Å². The second-order valence-electron chi connectivity index (χ2n) is 2.49. The van der Waals surface area contributed by atoms with Crippen molar-refractivity contribution in [1.29, 1.82) is 0 Å². The number of pyridine rings is 1. The smallest absolute Gasteiger partial charge is 0.235 e. The van der Waals surface area contributed by atoms with Crippen molar-refractivity contribution in [3.05, 3.63) is 35.7 Å². The fourth-order valence-electron chi connectivity index (χ4n) is 1.11. The third-order valence-corrected chi connectivity index (χ3v) is 1.74. The maximum absolute atomic E-state index is 11.2. The molecule has 0 fully saturated rings. The summed E-state index contributed by atoms with van der Waals surface area (Å²) in [5, 5.41) is 0. The molecule has 0 unspecified atom stereocenters. The first-order chi connectivity index (χ1) is 5.79. The lowest BCUT2D eigenvalue weighted by molar-refractivity contribution is -0.110. The van der Waals surface area contributed by atoms with E-state index in [1.54, 1.807) is 18.3 Å². The van der Waals surface area contributed by atoms with Crippen molar-refractivity contribution in [2.75, 3.05) is 0 Å². The number of ketones is 2. The second-order valence-corrected chi connectivity index (χ2v) is 2.49. The van der Waals surface area contributed by atoms with Gasteiger partial charge in [0.2, 0.25) is 11.6 Å². The summed E-state index contributed by atoms with van der Waals surface area (Å²) in [5.41, 5.74) is 1.15. The number of nitrogens with zero attached hydrogens (tertiary/aromatic N) is 1. The lowest BCUT2D eigenvalue weighted by Gasteiger charge is -2.05. The highest BCUT2D eigenvalue weighted by atomic mass is 16.2. The molecule has 0 radical (unpaired) electrons. The summed E-state index contributed by atoms with van der Waals surface area (Å²) in [6.45, 7) is 0. The number of allylic oxidation sites excluding steroid dienone is 1. The Morgan fingerprint density at radius 2 is 2.00 bits per heavy atom. The highest BCUT2D eigenvalue weighted by Gasteiger charge is 2.19. The first-order valence-corrected chi connectivity index (χ1v) is 3.50. The molecule has 0 saturated carbocycles. The van der Waals surface area contributed by atoms with Crippen molar-refractivity contribution in [1.82, 2.24) is 4.98 Å². The van der Waals surface area contributed by atoms with Crippen molar-refractivity contribution in [3.8, 4) is 0 Å². The van der Waals surface area contributed by atoms with E-state index in [9.17, 15) is 9.59 Å². The summed E-state index contributed by atoms with van der Waals surface area (Å²) in [6.07, 6.45) is 5.91. The average molecular weight is 159 g/mol. The molecule has 3 heteroatoms. The predicted octanol–water partition coefficient (Wildman–Crippen LogP) is 0.860. The Balaban J connectivity index is 2.67. The Labute approximate surface area is 68.7 Å². The van der Waals surface area contributed by atoms with Crippen LogP contribution >= 0.6 is 0 Å². The molecule has 1 aromatic heterocycles. The third kappa shape index (κ3) is 0.871. The van der Waals surface area contributed by atoms with Crippen LogP contribution < -0.4 is 0 Å². The summed E-state index contributed by atoms with van der Waals surface area (Å²) in [7, 11) is 0. The zero-order chi connectivity index (χ0) is 8.55. The molecule has 12 heavy (non-hydrogen) atoms. The van der Waals surface area contributed by atoms with Crippen LogP contribution in [-0.4, -0.2) is 16.6 Å². The fraction of sp³-hybridized carbons (Fsp3) is 0. The van der Waals surface area contributed by atoms with Crippen molar-refractivity contribution >= 4 is 17.6 Å². The highest BCUT2D eigenvalue weighted by Crippen LogP contribution is 2.14. The Hall–Kier alpha value is -1.77. The summed E-state index contributed by atoms with van der Waals surface area (Å²) >= 11 is 0. The number of rotatable bonds is 0. The Morgan fingerprint density at radius 1 is 1.17 bits per heavy atom. The minimum Gasteiger partial charge on any atom is -0.286 e. The molecular weight excluding hydrogens is 154 g/mol. The number of carbonyl (C=O) groups excluding carboxylic acids is 2. The van der Waals surface area contributed by atoms with Gasteiger partial charge in [-0.15, -0.1) is 0 Å². The minimum absolute atomic E-state index is 0.394. The normalized spacial score (nSPS) is 14.7. The van der Waals surface area contributed by atoms with Crippen LogP contribution in [0.1, 0.15) is 15.9 Å². The van der Waals surface area contributed by atoms with Crippen LogP contribution in [0.5, 0.6) is 0 Å². The number of fused-ring (bicyclic) bond motifs is 1. The van der Waals surface area contributed by atoms with Gasteiger partial charge in [0.25, 0.3) is 0 Å². The Kier molecular flexibility index (Phi) is 1.37. The van der Waals surface area contributed by atoms with E-state index in [1.807, 2.05) is 0 Å². The monoisotopic (exact) mass is 159 g/mol. The zero-order valence-electron chi connectivity index (χ0n) is 6.15. The molecule has 1 heterocycles. The van der Waals surface area contributed by atoms with Gasteiger partial charge in [-0.1, -0.05) is 6.08 Å². The highest BCUT2D eigenvalue weighted by molar-refractivity contribution is 6.49. The molecule has 0 bridgehead atoms. The molecule has 2 rings (SSSR count). The van der Waals surface area contributed by atoms with E-state index < -0.39 is 11.6 Å². The van der Waals surface area contributed by atoms with Gasteiger partial charge in [0.1, 0.15) is 0 Å². The van der Waals surface area contributed by atoms with E-state index in [0.717, 1.165) is 5.56 Å². The maximum atomic E-state index is 11.2. The summed E-state index contributed by atoms with van der Waals surface area (Å²) in [4.78, 5) is 25.8. The summed E-state index contributed by atoms with van der Waals surface area (Å²) in [6, 6.07) is 1.70. The van der Waals surface area contributed by atoms with E-state index in [2.05, 4.69) is 4.98 Å². The van der Waals surface area contributed by atoms with Crippen LogP contribution in [0.25, 0.3) is 6.08 Å². The Bertz CT molecular complexity index is 393. The van der Waals surface area contributed by atoms with Gasteiger partial charge in [-0.2, -0.15) is 0 Å². The van der Waals surface area contributed by atoms with E-state index >= 15 is 0 Å². The van der Waals surface area contributed by atoms with Crippen LogP contribution in [0.3, 0.4) is 0 Å². The molecule has 0 amide bonds. The number of Topliss-reactive ketones (excluding diaryl/α,β-unsaturated/α-hetero) is 1. The fourth-order valence-corrected chi connectivity index (χ4v) is 1.11. The molecular formula is C9H5NO2.